The normalized spacial score (nSPS) is 11.0. The van der Waals surface area contributed by atoms with Gasteiger partial charge in [-0.15, -0.1) is 0 Å². The summed E-state index contributed by atoms with van der Waals surface area (Å²) < 4.78 is 1.78. The number of aromatic nitrogens is 4. The highest BCUT2D eigenvalue weighted by Gasteiger charge is 2.15. The highest BCUT2D eigenvalue weighted by molar-refractivity contribution is 5.64. The van der Waals surface area contributed by atoms with E-state index in [1.807, 2.05) is 33.3 Å². The van der Waals surface area contributed by atoms with Crippen molar-refractivity contribution in [1.29, 1.82) is 0 Å². The fourth-order valence-electron chi connectivity index (χ4n) is 1.83. The minimum atomic E-state index is 0.292. The van der Waals surface area contributed by atoms with Crippen molar-refractivity contribution in [2.45, 2.75) is 26.7 Å². The Morgan fingerprint density at radius 2 is 2.00 bits per heavy atom. The molecule has 2 rings (SSSR count). The lowest BCUT2D eigenvalue weighted by Crippen LogP contribution is -2.06. The summed E-state index contributed by atoms with van der Waals surface area (Å²) in [5.41, 5.74) is 2.81. The zero-order chi connectivity index (χ0) is 13.3. The van der Waals surface area contributed by atoms with Gasteiger partial charge in [-0.2, -0.15) is 5.10 Å². The molecule has 18 heavy (non-hydrogen) atoms. The summed E-state index contributed by atoms with van der Waals surface area (Å²) in [6, 6.07) is 1.97. The van der Waals surface area contributed by atoms with Crippen LogP contribution in [0, 0.1) is 6.92 Å². The molecule has 0 aliphatic rings. The zero-order valence-electron chi connectivity index (χ0n) is 11.5. The molecule has 0 bridgehead atoms. The number of nitrogens with zero attached hydrogens (tertiary/aromatic N) is 4. The average molecular weight is 245 g/mol. The lowest BCUT2D eigenvalue weighted by Gasteiger charge is -2.12. The van der Waals surface area contributed by atoms with E-state index in [-0.39, 0.29) is 0 Å². The molecular formula is C13H19N5. The Kier molecular flexibility index (Phi) is 3.32. The van der Waals surface area contributed by atoms with E-state index in [1.54, 1.807) is 4.68 Å². The molecule has 1 N–H and O–H groups in total. The van der Waals surface area contributed by atoms with E-state index in [1.165, 1.54) is 0 Å². The van der Waals surface area contributed by atoms with Crippen LogP contribution in [0.1, 0.15) is 31.2 Å². The first-order valence-corrected chi connectivity index (χ1v) is 6.09. The molecule has 2 heterocycles. The minimum Gasteiger partial charge on any atom is -0.373 e. The summed E-state index contributed by atoms with van der Waals surface area (Å²) in [5.74, 6) is 2.00. The number of aryl methyl sites for hydroxylation is 1. The van der Waals surface area contributed by atoms with E-state index in [9.17, 15) is 0 Å². The van der Waals surface area contributed by atoms with E-state index in [0.717, 1.165) is 28.6 Å². The highest BCUT2D eigenvalue weighted by Crippen LogP contribution is 2.26. The Morgan fingerprint density at radius 1 is 1.28 bits per heavy atom. The molecule has 0 radical (unpaired) electrons. The lowest BCUT2D eigenvalue weighted by atomic mass is 10.1. The Morgan fingerprint density at radius 3 is 2.50 bits per heavy atom. The Balaban J connectivity index is 2.61. The molecule has 5 nitrogen and oxygen atoms in total. The van der Waals surface area contributed by atoms with E-state index >= 15 is 0 Å². The van der Waals surface area contributed by atoms with Crippen LogP contribution < -0.4 is 5.32 Å². The average Bonchev–Trinajstić information content (AvgIpc) is 2.75. The summed E-state index contributed by atoms with van der Waals surface area (Å²) in [5, 5.41) is 7.54. The quantitative estimate of drug-likeness (QED) is 0.901. The van der Waals surface area contributed by atoms with E-state index in [2.05, 4.69) is 34.2 Å². The Bertz CT molecular complexity index is 557. The Labute approximate surface area is 107 Å². The van der Waals surface area contributed by atoms with Gasteiger partial charge < -0.3 is 5.32 Å². The first-order valence-electron chi connectivity index (χ1n) is 6.09. The monoisotopic (exact) mass is 245 g/mol. The Hall–Kier alpha value is -1.91. The molecule has 0 fully saturated rings. The van der Waals surface area contributed by atoms with Crippen LogP contribution in [0.3, 0.4) is 0 Å². The number of hydrogen-bond donors (Lipinski definition) is 1. The van der Waals surface area contributed by atoms with Gasteiger partial charge in [0, 0.05) is 31.8 Å². The molecule has 0 aromatic carbocycles. The van der Waals surface area contributed by atoms with Crippen LogP contribution in [0.4, 0.5) is 5.82 Å². The molecule has 2 aromatic heterocycles. The lowest BCUT2D eigenvalue weighted by molar-refractivity contribution is 0.760. The van der Waals surface area contributed by atoms with Crippen LogP contribution in [0.25, 0.3) is 11.4 Å². The maximum absolute atomic E-state index is 4.64. The van der Waals surface area contributed by atoms with Crippen LogP contribution in [0.15, 0.2) is 12.3 Å². The number of hydrogen-bond acceptors (Lipinski definition) is 4. The van der Waals surface area contributed by atoms with Crippen LogP contribution in [-0.2, 0) is 7.05 Å². The molecule has 0 aliphatic carbocycles. The molecule has 0 spiro atoms. The first-order chi connectivity index (χ1) is 8.52. The largest absolute Gasteiger partial charge is 0.373 e. The predicted molar refractivity (Wildman–Crippen MR) is 72.6 cm³/mol. The maximum atomic E-state index is 4.64. The predicted octanol–water partition coefficient (Wildman–Crippen LogP) is 2.35. The van der Waals surface area contributed by atoms with E-state index in [4.69, 9.17) is 0 Å². The van der Waals surface area contributed by atoms with Gasteiger partial charge in [-0.3, -0.25) is 4.68 Å². The van der Waals surface area contributed by atoms with E-state index in [0.29, 0.717) is 5.92 Å². The fraction of sp³-hybridized carbons (Fsp3) is 0.462. The van der Waals surface area contributed by atoms with Crippen LogP contribution in [0.2, 0.25) is 0 Å². The second kappa shape index (κ2) is 4.76. The van der Waals surface area contributed by atoms with Crippen molar-refractivity contribution >= 4 is 5.82 Å². The number of anilines is 1. The summed E-state index contributed by atoms with van der Waals surface area (Å²) in [4.78, 5) is 9.16. The molecule has 0 saturated heterocycles. The fourth-order valence-corrected chi connectivity index (χ4v) is 1.83. The van der Waals surface area contributed by atoms with Crippen molar-refractivity contribution < 1.29 is 0 Å². The van der Waals surface area contributed by atoms with Crippen molar-refractivity contribution in [2.24, 2.45) is 7.05 Å². The highest BCUT2D eigenvalue weighted by atomic mass is 15.3. The van der Waals surface area contributed by atoms with Gasteiger partial charge in [0.2, 0.25) is 0 Å². The molecular weight excluding hydrogens is 226 g/mol. The topological polar surface area (TPSA) is 55.6 Å². The summed E-state index contributed by atoms with van der Waals surface area (Å²) in [6.45, 7) is 6.19. The standard InChI is InChI=1S/C13H19N5/c1-8(2)12-15-11(9(3)13(14-4)16-12)10-6-7-18(5)17-10/h6-8H,1-5H3,(H,14,15,16). The van der Waals surface area contributed by atoms with Gasteiger partial charge in [-0.1, -0.05) is 13.8 Å². The van der Waals surface area contributed by atoms with Crippen molar-refractivity contribution in [1.82, 2.24) is 19.7 Å². The summed E-state index contributed by atoms with van der Waals surface area (Å²) in [7, 11) is 3.78. The van der Waals surface area contributed by atoms with Gasteiger partial charge in [0.15, 0.2) is 0 Å². The van der Waals surface area contributed by atoms with Gasteiger partial charge in [0.05, 0.1) is 5.69 Å². The van der Waals surface area contributed by atoms with Crippen molar-refractivity contribution in [2.75, 3.05) is 12.4 Å². The smallest absolute Gasteiger partial charge is 0.134 e. The maximum Gasteiger partial charge on any atom is 0.134 e. The molecule has 96 valence electrons. The third kappa shape index (κ3) is 2.20. The molecule has 5 heteroatoms. The number of rotatable bonds is 3. The van der Waals surface area contributed by atoms with Gasteiger partial charge in [0.25, 0.3) is 0 Å². The van der Waals surface area contributed by atoms with E-state index < -0.39 is 0 Å². The summed E-state index contributed by atoms with van der Waals surface area (Å²) in [6.07, 6.45) is 1.92. The van der Waals surface area contributed by atoms with Crippen molar-refractivity contribution in [3.05, 3.63) is 23.7 Å². The third-order valence-corrected chi connectivity index (χ3v) is 2.87. The molecule has 2 aromatic rings. The first kappa shape index (κ1) is 12.5. The van der Waals surface area contributed by atoms with Gasteiger partial charge in [0.1, 0.15) is 17.3 Å². The summed E-state index contributed by atoms with van der Waals surface area (Å²) >= 11 is 0. The number of nitrogens with one attached hydrogen (secondary N) is 1. The second-order valence-corrected chi connectivity index (χ2v) is 4.68. The second-order valence-electron chi connectivity index (χ2n) is 4.68. The molecule has 0 saturated carbocycles. The molecule has 0 unspecified atom stereocenters. The van der Waals surface area contributed by atoms with Gasteiger partial charge in [-0.05, 0) is 13.0 Å². The van der Waals surface area contributed by atoms with Crippen LogP contribution in [0.5, 0.6) is 0 Å². The minimum absolute atomic E-state index is 0.292. The van der Waals surface area contributed by atoms with Gasteiger partial charge in [-0.25, -0.2) is 9.97 Å². The molecule has 0 amide bonds. The van der Waals surface area contributed by atoms with Crippen LogP contribution in [-0.4, -0.2) is 26.8 Å². The van der Waals surface area contributed by atoms with Gasteiger partial charge >= 0.3 is 0 Å². The molecule has 0 aliphatic heterocycles. The van der Waals surface area contributed by atoms with Crippen LogP contribution >= 0.6 is 0 Å². The third-order valence-electron chi connectivity index (χ3n) is 2.87. The zero-order valence-corrected chi connectivity index (χ0v) is 11.5. The molecule has 0 atom stereocenters. The van der Waals surface area contributed by atoms with Crippen molar-refractivity contribution in [3.8, 4) is 11.4 Å². The SMILES string of the molecule is CNc1nc(C(C)C)nc(-c2ccn(C)n2)c1C. The van der Waals surface area contributed by atoms with Crippen molar-refractivity contribution in [3.63, 3.8) is 0 Å².